The van der Waals surface area contributed by atoms with E-state index in [4.69, 9.17) is 0 Å². The molecule has 0 atom stereocenters. The van der Waals surface area contributed by atoms with Gasteiger partial charge >= 0.3 is 0 Å². The Morgan fingerprint density at radius 3 is 2.00 bits per heavy atom. The fraction of sp³-hybridized carbons (Fsp3) is 0.130. The fourth-order valence-corrected chi connectivity index (χ4v) is 3.36. The Bertz CT molecular complexity index is 1050. The molecule has 137 valence electrons. The Morgan fingerprint density at radius 2 is 1.33 bits per heavy atom. The predicted octanol–water partition coefficient (Wildman–Crippen LogP) is 5.32. The summed E-state index contributed by atoms with van der Waals surface area (Å²) < 4.78 is 2.17. The summed E-state index contributed by atoms with van der Waals surface area (Å²) in [5, 5.41) is 9.12. The van der Waals surface area contributed by atoms with Gasteiger partial charge < -0.3 is 4.57 Å². The molecule has 0 aliphatic carbocycles. The zero-order valence-corrected chi connectivity index (χ0v) is 17.9. The zero-order valence-electron chi connectivity index (χ0n) is 15.5. The van der Waals surface area contributed by atoms with E-state index >= 15 is 0 Å². The predicted molar refractivity (Wildman–Crippen MR) is 105 cm³/mol. The maximum absolute atomic E-state index is 4.58. The Hall–Kier alpha value is -2.55. The summed E-state index contributed by atoms with van der Waals surface area (Å²) in [7, 11) is 0. The van der Waals surface area contributed by atoms with Crippen molar-refractivity contribution >= 4 is 0 Å². The second-order valence-corrected chi connectivity index (χ2v) is 6.51. The molecular weight excluding hydrogens is 510 g/mol. The third kappa shape index (κ3) is 3.51. The molecule has 1 radical (unpaired) electrons. The minimum Gasteiger partial charge on any atom is -0.316 e. The summed E-state index contributed by atoms with van der Waals surface area (Å²) in [5.74, 6) is 1.66. The van der Waals surface area contributed by atoms with Crippen LogP contribution in [0, 0.1) is 26.8 Å². The van der Waals surface area contributed by atoms with Crippen molar-refractivity contribution in [3.05, 3.63) is 89.5 Å². The molecule has 0 aliphatic heterocycles. The Kier molecular flexibility index (Phi) is 5.69. The van der Waals surface area contributed by atoms with Crippen molar-refractivity contribution < 1.29 is 20.1 Å². The molecule has 0 bridgehead atoms. The summed E-state index contributed by atoms with van der Waals surface area (Å²) >= 11 is 0. The Labute approximate surface area is 173 Å². The first-order valence-corrected chi connectivity index (χ1v) is 8.72. The summed E-state index contributed by atoms with van der Waals surface area (Å²) in [6, 6.07) is 25.8. The second-order valence-electron chi connectivity index (χ2n) is 6.51. The van der Waals surface area contributed by atoms with Crippen LogP contribution < -0.4 is 0 Å². The van der Waals surface area contributed by atoms with Gasteiger partial charge in [-0.2, -0.15) is 5.10 Å². The Morgan fingerprint density at radius 1 is 0.704 bits per heavy atom. The van der Waals surface area contributed by atoms with Crippen LogP contribution in [0.3, 0.4) is 0 Å². The Balaban J connectivity index is 0.00000210. The van der Waals surface area contributed by atoms with E-state index in [2.05, 4.69) is 71.9 Å². The van der Waals surface area contributed by atoms with Gasteiger partial charge in [0.1, 0.15) is 0 Å². The maximum atomic E-state index is 4.58. The average Bonchev–Trinajstić information content (AvgIpc) is 3.07. The van der Waals surface area contributed by atoms with Crippen LogP contribution in [0.15, 0.2) is 66.7 Å². The molecule has 1 aromatic heterocycles. The van der Waals surface area contributed by atoms with Crippen LogP contribution in [0.2, 0.25) is 0 Å². The molecule has 0 saturated carbocycles. The molecule has 1 heterocycles. The van der Waals surface area contributed by atoms with Crippen LogP contribution in [0.1, 0.15) is 16.7 Å². The van der Waals surface area contributed by atoms with Gasteiger partial charge in [0.2, 0.25) is 0 Å². The molecular formula is C23H20IrN3-. The first-order valence-electron chi connectivity index (χ1n) is 8.72. The fourth-order valence-electron chi connectivity index (χ4n) is 3.36. The molecule has 0 aliphatic rings. The van der Waals surface area contributed by atoms with Crippen molar-refractivity contribution in [1.82, 2.24) is 14.8 Å². The van der Waals surface area contributed by atoms with Crippen molar-refractivity contribution in [3.63, 3.8) is 0 Å². The van der Waals surface area contributed by atoms with Crippen LogP contribution >= 0.6 is 0 Å². The third-order valence-corrected chi connectivity index (χ3v) is 4.66. The number of aromatic nitrogens is 3. The van der Waals surface area contributed by atoms with Crippen molar-refractivity contribution in [2.24, 2.45) is 0 Å². The van der Waals surface area contributed by atoms with Crippen LogP contribution in [-0.4, -0.2) is 14.8 Å². The molecule has 4 heteroatoms. The summed E-state index contributed by atoms with van der Waals surface area (Å²) in [5.41, 5.74) is 6.71. The number of hydrogen-bond donors (Lipinski definition) is 0. The van der Waals surface area contributed by atoms with Crippen molar-refractivity contribution in [2.75, 3.05) is 0 Å². The molecule has 0 fully saturated rings. The maximum Gasteiger partial charge on any atom is 0.159 e. The molecule has 0 spiro atoms. The molecule has 0 saturated heterocycles. The van der Waals surface area contributed by atoms with Gasteiger partial charge in [0.15, 0.2) is 5.82 Å². The smallest absolute Gasteiger partial charge is 0.159 e. The van der Waals surface area contributed by atoms with Crippen LogP contribution in [0.4, 0.5) is 0 Å². The van der Waals surface area contributed by atoms with Gasteiger partial charge in [-0.1, -0.05) is 42.5 Å². The molecule has 4 rings (SSSR count). The molecule has 0 unspecified atom stereocenters. The van der Waals surface area contributed by atoms with Gasteiger partial charge in [0.25, 0.3) is 0 Å². The largest absolute Gasteiger partial charge is 0.316 e. The van der Waals surface area contributed by atoms with Crippen molar-refractivity contribution in [1.29, 1.82) is 0 Å². The van der Waals surface area contributed by atoms with E-state index in [1.165, 1.54) is 16.7 Å². The van der Waals surface area contributed by atoms with E-state index in [-0.39, 0.29) is 20.1 Å². The molecule has 0 amide bonds. The quantitative estimate of drug-likeness (QED) is 0.336. The SMILES string of the molecule is Cc1ccccc1-c1nnc(-c2[c-]cccc2)n1-c1c(C)cccc1C.[Ir]. The number of benzene rings is 3. The molecule has 3 nitrogen and oxygen atoms in total. The van der Waals surface area contributed by atoms with Gasteiger partial charge in [-0.3, -0.25) is 0 Å². The number of hydrogen-bond acceptors (Lipinski definition) is 2. The topological polar surface area (TPSA) is 30.7 Å². The second kappa shape index (κ2) is 7.99. The van der Waals surface area contributed by atoms with E-state index in [0.717, 1.165) is 28.5 Å². The van der Waals surface area contributed by atoms with Crippen molar-refractivity contribution in [3.8, 4) is 28.5 Å². The number of nitrogens with zero attached hydrogens (tertiary/aromatic N) is 3. The third-order valence-electron chi connectivity index (χ3n) is 4.66. The van der Waals surface area contributed by atoms with Crippen molar-refractivity contribution in [2.45, 2.75) is 20.8 Å². The van der Waals surface area contributed by atoms with E-state index in [1.807, 2.05) is 36.4 Å². The first kappa shape index (κ1) is 19.2. The number of rotatable bonds is 3. The van der Waals surface area contributed by atoms with E-state index < -0.39 is 0 Å². The van der Waals surface area contributed by atoms with E-state index in [0.29, 0.717) is 0 Å². The van der Waals surface area contributed by atoms with Gasteiger partial charge in [-0.25, -0.2) is 0 Å². The minimum absolute atomic E-state index is 0. The molecule has 4 aromatic rings. The van der Waals surface area contributed by atoms with Gasteiger partial charge in [0.05, 0.1) is 5.82 Å². The molecule has 0 N–H and O–H groups in total. The zero-order chi connectivity index (χ0) is 18.1. The minimum atomic E-state index is 0. The summed E-state index contributed by atoms with van der Waals surface area (Å²) in [6.45, 7) is 6.36. The van der Waals surface area contributed by atoms with Gasteiger partial charge in [-0.15, -0.1) is 41.0 Å². The number of aryl methyl sites for hydroxylation is 3. The van der Waals surface area contributed by atoms with Gasteiger partial charge in [0, 0.05) is 31.4 Å². The summed E-state index contributed by atoms with van der Waals surface area (Å²) in [4.78, 5) is 0. The normalized spacial score (nSPS) is 10.5. The monoisotopic (exact) mass is 531 g/mol. The molecule has 27 heavy (non-hydrogen) atoms. The van der Waals surface area contributed by atoms with Crippen LogP contribution in [-0.2, 0) is 20.1 Å². The van der Waals surface area contributed by atoms with E-state index in [9.17, 15) is 0 Å². The number of para-hydroxylation sites is 1. The van der Waals surface area contributed by atoms with Crippen LogP contribution in [0.5, 0.6) is 0 Å². The summed E-state index contributed by atoms with van der Waals surface area (Å²) in [6.07, 6.45) is 0. The molecule has 3 aromatic carbocycles. The average molecular weight is 531 g/mol. The van der Waals surface area contributed by atoms with Gasteiger partial charge in [-0.05, 0) is 37.5 Å². The van der Waals surface area contributed by atoms with Crippen LogP contribution in [0.25, 0.3) is 28.5 Å². The standard InChI is InChI=1S/C23H20N3.Ir/c1-16-10-7-8-15-20(16)23-25-24-22(19-13-5-4-6-14-19)26(23)21-17(2)11-9-12-18(21)3;/h4-13,15H,1-3H3;/q-1;. The van der Waals surface area contributed by atoms with E-state index in [1.54, 1.807) is 0 Å². The first-order chi connectivity index (χ1) is 12.7.